The third-order valence-electron chi connectivity index (χ3n) is 10.2. The van der Waals surface area contributed by atoms with Crippen molar-refractivity contribution in [2.45, 2.75) is 12.8 Å². The van der Waals surface area contributed by atoms with Crippen molar-refractivity contribution >= 4 is 65.9 Å². The fourth-order valence-electron chi connectivity index (χ4n) is 8.00. The first-order chi connectivity index (χ1) is 23.3. The van der Waals surface area contributed by atoms with E-state index in [4.69, 9.17) is 4.42 Å². The summed E-state index contributed by atoms with van der Waals surface area (Å²) in [5.74, 6) is 0. The third-order valence-corrected chi connectivity index (χ3v) is 10.2. The Balaban J connectivity index is 1.31. The summed E-state index contributed by atoms with van der Waals surface area (Å²) >= 11 is 0. The Hall–Kier alpha value is -5.92. The molecule has 9 aromatic rings. The summed E-state index contributed by atoms with van der Waals surface area (Å²) in [7, 11) is 0. The van der Waals surface area contributed by atoms with E-state index in [9.17, 15) is 0 Å². The lowest BCUT2D eigenvalue weighted by Gasteiger charge is -2.26. The second kappa shape index (κ2) is 10.3. The standard InChI is InChI=1S/C46H30O/c1-2-12-31-26-32(21-20-29(31)10-1)33-22-24-40-42(27-33)46(37-18-9-13-30-11-3-4-14-35(30)37)39-17-6-5-16-38(39)45(40)34-23-25-44-41(28-34)36-15-7-8-19-43(36)47-44/h1-21,23,25-28H,22,24H2. The Labute approximate surface area is 273 Å². The van der Waals surface area contributed by atoms with E-state index in [1.165, 1.54) is 76.8 Å². The molecule has 0 aliphatic heterocycles. The number of rotatable bonds is 3. The Morgan fingerprint density at radius 1 is 0.404 bits per heavy atom. The molecule has 1 nitrogen and oxygen atoms in total. The van der Waals surface area contributed by atoms with Crippen molar-refractivity contribution in [3.63, 3.8) is 0 Å². The van der Waals surface area contributed by atoms with Crippen molar-refractivity contribution in [2.24, 2.45) is 0 Å². The molecule has 1 heteroatoms. The zero-order chi connectivity index (χ0) is 30.9. The van der Waals surface area contributed by atoms with Crippen molar-refractivity contribution in [1.29, 1.82) is 0 Å². The lowest BCUT2D eigenvalue weighted by atomic mass is 9.77. The van der Waals surface area contributed by atoms with Crippen LogP contribution in [0.25, 0.3) is 88.2 Å². The summed E-state index contributed by atoms with van der Waals surface area (Å²) < 4.78 is 6.25. The Morgan fingerprint density at radius 2 is 1.06 bits per heavy atom. The minimum Gasteiger partial charge on any atom is -0.456 e. The molecule has 0 radical (unpaired) electrons. The highest BCUT2D eigenvalue weighted by molar-refractivity contribution is 6.16. The molecule has 1 aromatic heterocycles. The lowest BCUT2D eigenvalue weighted by molar-refractivity contribution is 0.669. The van der Waals surface area contributed by atoms with Crippen molar-refractivity contribution in [2.75, 3.05) is 0 Å². The van der Waals surface area contributed by atoms with E-state index in [0.717, 1.165) is 34.8 Å². The van der Waals surface area contributed by atoms with Gasteiger partial charge < -0.3 is 4.42 Å². The highest BCUT2D eigenvalue weighted by Gasteiger charge is 2.25. The Morgan fingerprint density at radius 3 is 1.94 bits per heavy atom. The summed E-state index contributed by atoms with van der Waals surface area (Å²) in [4.78, 5) is 0. The number of fused-ring (bicyclic) bond motifs is 7. The molecule has 0 amide bonds. The van der Waals surface area contributed by atoms with Crippen molar-refractivity contribution < 1.29 is 4.42 Å². The first kappa shape index (κ1) is 26.3. The molecule has 8 aromatic carbocycles. The molecule has 0 spiro atoms. The Kier molecular flexibility index (Phi) is 5.77. The minimum atomic E-state index is 0.930. The highest BCUT2D eigenvalue weighted by atomic mass is 16.3. The molecule has 0 N–H and O–H groups in total. The van der Waals surface area contributed by atoms with Gasteiger partial charge in [-0.05, 0) is 114 Å². The number of para-hydroxylation sites is 1. The van der Waals surface area contributed by atoms with E-state index in [2.05, 4.69) is 152 Å². The fourth-order valence-corrected chi connectivity index (χ4v) is 8.00. The van der Waals surface area contributed by atoms with E-state index in [0.29, 0.717) is 0 Å². The molecule has 1 aliphatic carbocycles. The normalized spacial score (nSPS) is 13.1. The molecule has 47 heavy (non-hydrogen) atoms. The van der Waals surface area contributed by atoms with Gasteiger partial charge in [-0.25, -0.2) is 0 Å². The van der Waals surface area contributed by atoms with Crippen molar-refractivity contribution in [3.05, 3.63) is 168 Å². The quantitative estimate of drug-likeness (QED) is 0.197. The third kappa shape index (κ3) is 4.10. The van der Waals surface area contributed by atoms with Gasteiger partial charge in [0.15, 0.2) is 0 Å². The second-order valence-corrected chi connectivity index (χ2v) is 12.8. The van der Waals surface area contributed by atoms with Gasteiger partial charge in [0.1, 0.15) is 11.2 Å². The van der Waals surface area contributed by atoms with Gasteiger partial charge in [-0.3, -0.25) is 0 Å². The van der Waals surface area contributed by atoms with Crippen LogP contribution >= 0.6 is 0 Å². The number of hydrogen-bond donors (Lipinski definition) is 0. The number of benzene rings is 8. The molecule has 220 valence electrons. The summed E-state index contributed by atoms with van der Waals surface area (Å²) in [5, 5.41) is 10.0. The van der Waals surface area contributed by atoms with Gasteiger partial charge in [0, 0.05) is 10.8 Å². The number of furan rings is 1. The lowest BCUT2D eigenvalue weighted by Crippen LogP contribution is -2.05. The van der Waals surface area contributed by atoms with Crippen LogP contribution < -0.4 is 0 Å². The predicted molar refractivity (Wildman–Crippen MR) is 200 cm³/mol. The molecule has 0 atom stereocenters. The van der Waals surface area contributed by atoms with Crippen LogP contribution in [0, 0.1) is 0 Å². The van der Waals surface area contributed by atoms with Crippen LogP contribution in [0.4, 0.5) is 0 Å². The van der Waals surface area contributed by atoms with Crippen LogP contribution in [0.5, 0.6) is 0 Å². The van der Waals surface area contributed by atoms with Crippen LogP contribution in [-0.4, -0.2) is 0 Å². The number of allylic oxidation sites excluding steroid dienone is 1. The fraction of sp³-hybridized carbons (Fsp3) is 0.0435. The molecule has 0 saturated carbocycles. The zero-order valence-electron chi connectivity index (χ0n) is 25.8. The average Bonchev–Trinajstić information content (AvgIpc) is 3.51. The SMILES string of the molecule is C1=C(c2ccc3ccccc3c2)CCc2c1c(-c1cccc3ccccc13)c1ccccc1c2-c1ccc2oc3ccccc3c2c1. The van der Waals surface area contributed by atoms with E-state index < -0.39 is 0 Å². The van der Waals surface area contributed by atoms with Crippen LogP contribution in [0.2, 0.25) is 0 Å². The van der Waals surface area contributed by atoms with Gasteiger partial charge in [0.05, 0.1) is 0 Å². The minimum absolute atomic E-state index is 0.930. The van der Waals surface area contributed by atoms with Gasteiger partial charge in [0.25, 0.3) is 0 Å². The van der Waals surface area contributed by atoms with Crippen molar-refractivity contribution in [1.82, 2.24) is 0 Å². The first-order valence-corrected chi connectivity index (χ1v) is 16.5. The van der Waals surface area contributed by atoms with Gasteiger partial charge in [0.2, 0.25) is 0 Å². The summed E-state index contributed by atoms with van der Waals surface area (Å²) in [6.45, 7) is 0. The molecule has 0 saturated heterocycles. The van der Waals surface area contributed by atoms with Crippen LogP contribution in [-0.2, 0) is 6.42 Å². The van der Waals surface area contributed by atoms with E-state index in [-0.39, 0.29) is 0 Å². The molecule has 0 bridgehead atoms. The van der Waals surface area contributed by atoms with E-state index in [1.54, 1.807) is 0 Å². The van der Waals surface area contributed by atoms with Gasteiger partial charge in [-0.15, -0.1) is 0 Å². The van der Waals surface area contributed by atoms with Crippen LogP contribution in [0.15, 0.2) is 156 Å². The summed E-state index contributed by atoms with van der Waals surface area (Å²) in [6, 6.07) is 55.3. The predicted octanol–water partition coefficient (Wildman–Crippen LogP) is 12.9. The number of hydrogen-bond acceptors (Lipinski definition) is 1. The smallest absolute Gasteiger partial charge is 0.135 e. The van der Waals surface area contributed by atoms with Crippen LogP contribution in [0.1, 0.15) is 23.1 Å². The van der Waals surface area contributed by atoms with E-state index >= 15 is 0 Å². The second-order valence-electron chi connectivity index (χ2n) is 12.8. The summed E-state index contributed by atoms with van der Waals surface area (Å²) in [5.41, 5.74) is 12.5. The van der Waals surface area contributed by atoms with Gasteiger partial charge in [-0.2, -0.15) is 0 Å². The van der Waals surface area contributed by atoms with Crippen LogP contribution in [0.3, 0.4) is 0 Å². The monoisotopic (exact) mass is 598 g/mol. The molecule has 1 aliphatic rings. The summed E-state index contributed by atoms with van der Waals surface area (Å²) in [6.07, 6.45) is 4.46. The molecule has 1 heterocycles. The molecular formula is C46H30O. The molecular weight excluding hydrogens is 569 g/mol. The first-order valence-electron chi connectivity index (χ1n) is 16.5. The average molecular weight is 599 g/mol. The molecule has 10 rings (SSSR count). The maximum atomic E-state index is 6.25. The maximum absolute atomic E-state index is 6.25. The molecule has 0 fully saturated rings. The van der Waals surface area contributed by atoms with Gasteiger partial charge in [-0.1, -0.05) is 133 Å². The Bertz CT molecular complexity index is 2730. The largest absolute Gasteiger partial charge is 0.456 e. The topological polar surface area (TPSA) is 13.1 Å². The van der Waals surface area contributed by atoms with Gasteiger partial charge >= 0.3 is 0 Å². The van der Waals surface area contributed by atoms with E-state index in [1.807, 2.05) is 6.07 Å². The zero-order valence-corrected chi connectivity index (χ0v) is 25.8. The maximum Gasteiger partial charge on any atom is 0.135 e. The molecule has 0 unspecified atom stereocenters. The van der Waals surface area contributed by atoms with Crippen molar-refractivity contribution in [3.8, 4) is 22.3 Å². The highest BCUT2D eigenvalue weighted by Crippen LogP contribution is 2.48.